The molecule has 0 bridgehead atoms. The number of nitro groups is 4. The van der Waals surface area contributed by atoms with Gasteiger partial charge in [0.05, 0.1) is 19.7 Å². The lowest BCUT2D eigenvalue weighted by Gasteiger charge is -2.38. The molecular weight excluding hydrogens is 1720 g/mol. The summed E-state index contributed by atoms with van der Waals surface area (Å²) in [7, 11) is 0. The summed E-state index contributed by atoms with van der Waals surface area (Å²) in [6.45, 7) is 26.5. The number of aliphatic hydroxyl groups is 1. The van der Waals surface area contributed by atoms with E-state index in [1.54, 1.807) is 75.4 Å². The van der Waals surface area contributed by atoms with E-state index in [2.05, 4.69) is 60.7 Å². The van der Waals surface area contributed by atoms with Crippen LogP contribution < -0.4 is 38.1 Å². The van der Waals surface area contributed by atoms with E-state index in [4.69, 9.17) is 30.8 Å². The molecule has 10 N–H and O–H groups in total. The van der Waals surface area contributed by atoms with Crippen LogP contribution in [0.2, 0.25) is 0 Å². The number of carbonyl (C=O) groups is 5. The first-order valence-corrected chi connectivity index (χ1v) is 44.7. The van der Waals surface area contributed by atoms with Crippen LogP contribution in [0.3, 0.4) is 0 Å². The Hall–Kier alpha value is -11.4. The third-order valence-corrected chi connectivity index (χ3v) is 21.9. The number of amides is 7. The Morgan fingerprint density at radius 3 is 1.08 bits per heavy atom. The third kappa shape index (κ3) is 37.7. The van der Waals surface area contributed by atoms with Crippen LogP contribution in [0.5, 0.6) is 0 Å². The lowest BCUT2D eigenvalue weighted by Crippen LogP contribution is -2.50. The predicted molar refractivity (Wildman–Crippen MR) is 511 cm³/mol. The SMILES string of the molecule is C.C.CC(C)(C)OC(=O)N1CCC(N2CCc3ccccc3NC2=O)CC1.CC(C)(C)OC(=O)N1CCC(NCCc2ccccc2N)CC1.CC(C)(C)OC(=O)N1CCC(NCCc2ccccc2[N+](=O)[O-])CC1.NCCc1ccccc1[N+](=O)[O-].O=C1Nc2ccccc2CCN1C1CCNCC1.O=[N+]([O-])c1ccccc1CCBr.O=[N+]([O-])c1ccccc1CCO. The van der Waals surface area contributed by atoms with Crippen molar-refractivity contribution in [2.24, 2.45) is 5.73 Å². The number of aliphatic hydroxyl groups excluding tert-OH is 1. The molecule has 0 unspecified atom stereocenters. The molecule has 33 nitrogen and oxygen atoms in total. The number of carbonyl (C=O) groups excluding carboxylic acids is 5. The number of para-hydroxylation sites is 7. The number of fused-ring (bicyclic) bond motifs is 2. The van der Waals surface area contributed by atoms with Gasteiger partial charge in [0.2, 0.25) is 0 Å². The topological polar surface area (TPSA) is 434 Å². The Labute approximate surface area is 768 Å². The number of urea groups is 2. The molecule has 6 aliphatic heterocycles. The molecule has 13 rings (SSSR count). The van der Waals surface area contributed by atoms with Crippen LogP contribution in [-0.4, -0.2) is 218 Å². The second kappa shape index (κ2) is 54.8. The summed E-state index contributed by atoms with van der Waals surface area (Å²) >= 11 is 3.25. The number of likely N-dealkylation sites (tertiary alicyclic amines) is 3. The molecule has 0 saturated carbocycles. The zero-order chi connectivity index (χ0) is 92.6. The highest BCUT2D eigenvalue weighted by Gasteiger charge is 2.35. The van der Waals surface area contributed by atoms with Crippen LogP contribution >= 0.6 is 15.9 Å². The molecular formula is C95H137BrN16O17. The lowest BCUT2D eigenvalue weighted by molar-refractivity contribution is -0.385. The number of ether oxygens (including phenoxy) is 3. The summed E-state index contributed by atoms with van der Waals surface area (Å²) in [6.07, 6.45) is 11.5. The van der Waals surface area contributed by atoms with Crippen LogP contribution in [0.4, 0.5) is 63.8 Å². The quantitative estimate of drug-likeness (QED) is 0.0115. The summed E-state index contributed by atoms with van der Waals surface area (Å²) in [6, 6.07) is 52.1. The summed E-state index contributed by atoms with van der Waals surface area (Å²) in [4.78, 5) is 111. The molecule has 0 aromatic heterocycles. The van der Waals surface area contributed by atoms with E-state index in [-0.39, 0.29) is 95.4 Å². The molecule has 706 valence electrons. The minimum atomic E-state index is -0.482. The number of nitrogens with one attached hydrogen (secondary N) is 5. The summed E-state index contributed by atoms with van der Waals surface area (Å²) < 4.78 is 16.2. The fraction of sp³-hybridized carbons (Fsp3) is 0.505. The smallest absolute Gasteiger partial charge is 0.410 e. The van der Waals surface area contributed by atoms with Crippen LogP contribution in [0.25, 0.3) is 0 Å². The number of nitrogen functional groups attached to an aromatic ring is 1. The number of hydrogen-bond acceptors (Lipinski definition) is 22. The van der Waals surface area contributed by atoms with Crippen molar-refractivity contribution >= 4 is 86.1 Å². The number of rotatable bonds is 20. The van der Waals surface area contributed by atoms with Gasteiger partial charge < -0.3 is 81.9 Å². The van der Waals surface area contributed by atoms with E-state index in [1.165, 1.54) is 41.0 Å². The highest BCUT2D eigenvalue weighted by atomic mass is 79.9. The molecule has 0 atom stereocenters. The van der Waals surface area contributed by atoms with Crippen LogP contribution in [-0.2, 0) is 59.2 Å². The van der Waals surface area contributed by atoms with E-state index in [9.17, 15) is 64.4 Å². The van der Waals surface area contributed by atoms with Gasteiger partial charge in [0.25, 0.3) is 22.7 Å². The van der Waals surface area contributed by atoms with Gasteiger partial charge in [-0.2, -0.15) is 0 Å². The van der Waals surface area contributed by atoms with E-state index < -0.39 is 21.7 Å². The van der Waals surface area contributed by atoms with Gasteiger partial charge in [-0.25, -0.2) is 24.0 Å². The first-order valence-electron chi connectivity index (χ1n) is 43.6. The molecule has 7 aromatic rings. The molecule has 7 aromatic carbocycles. The largest absolute Gasteiger partial charge is 0.444 e. The highest BCUT2D eigenvalue weighted by Crippen LogP contribution is 2.29. The Morgan fingerprint density at radius 2 is 0.736 bits per heavy atom. The van der Waals surface area contributed by atoms with Gasteiger partial charge in [0, 0.05) is 158 Å². The summed E-state index contributed by atoms with van der Waals surface area (Å²) in [5.41, 5.74) is 19.6. The van der Waals surface area contributed by atoms with Crippen molar-refractivity contribution in [3.63, 3.8) is 0 Å². The maximum atomic E-state index is 12.6. The van der Waals surface area contributed by atoms with Gasteiger partial charge in [-0.3, -0.25) is 40.5 Å². The van der Waals surface area contributed by atoms with Crippen molar-refractivity contribution in [3.8, 4) is 0 Å². The Bertz CT molecular complexity index is 4530. The van der Waals surface area contributed by atoms with Crippen molar-refractivity contribution in [2.75, 3.05) is 113 Å². The van der Waals surface area contributed by atoms with Crippen molar-refractivity contribution in [1.82, 2.24) is 40.4 Å². The van der Waals surface area contributed by atoms with Gasteiger partial charge in [-0.15, -0.1) is 0 Å². The summed E-state index contributed by atoms with van der Waals surface area (Å²) in [5.74, 6) is 0. The second-order valence-corrected chi connectivity index (χ2v) is 35.1. The number of anilines is 3. The number of aryl methyl sites for hydroxylation is 1. The fourth-order valence-electron chi connectivity index (χ4n) is 15.0. The second-order valence-electron chi connectivity index (χ2n) is 34.3. The molecule has 0 spiro atoms. The molecule has 4 saturated heterocycles. The maximum Gasteiger partial charge on any atom is 0.410 e. The zero-order valence-electron chi connectivity index (χ0n) is 74.7. The number of piperidine rings is 4. The molecule has 6 aliphatic rings. The zero-order valence-corrected chi connectivity index (χ0v) is 76.3. The van der Waals surface area contributed by atoms with Crippen LogP contribution in [0.1, 0.15) is 167 Å². The maximum absolute atomic E-state index is 12.6. The molecule has 0 aliphatic carbocycles. The average Bonchev–Trinajstić information content (AvgIpc) is 1.73. The Morgan fingerprint density at radius 1 is 0.434 bits per heavy atom. The van der Waals surface area contributed by atoms with Gasteiger partial charge >= 0.3 is 30.3 Å². The number of benzene rings is 7. The molecule has 0 radical (unpaired) electrons. The predicted octanol–water partition coefficient (Wildman–Crippen LogP) is 17.3. The molecule has 34 heteroatoms. The van der Waals surface area contributed by atoms with Crippen LogP contribution in [0.15, 0.2) is 170 Å². The molecule has 4 fully saturated rings. The van der Waals surface area contributed by atoms with Crippen LogP contribution in [0, 0.1) is 40.5 Å². The third-order valence-electron chi connectivity index (χ3n) is 21.5. The average molecular weight is 1860 g/mol. The first-order chi connectivity index (χ1) is 60.5. The van der Waals surface area contributed by atoms with Crippen molar-refractivity contribution < 1.29 is 63.0 Å². The standard InChI is InChI=1S/C19H27N3O3.C18H27N3O4.C18H29N3O2.C14H19N3O.C8H8BrNO2.C8H10N2O2.C8H9NO3.2CH4/c1-19(2,3)25-18(24)21-11-9-15(10-12-21)22-13-8-14-6-4-5-7-16(14)20-17(22)23;1-18(2,3)25-17(22)20-12-9-15(10-13-20)19-11-8-14-6-4-5-7-16(14)21(23)24;1-18(2,3)23-17(22)21-12-9-15(10-13-21)20-11-8-14-6-4-5-7-16(14)19;18-14-16-13-4-2-1-3-11(13)7-10-17(14)12-5-8-15-9-6-12;2*9-6-5-7-3-1-2-4-8(7)10(11)12;10-6-5-7-3-1-2-4-8(7)9(11)12;;/h4-7,15H,8-13H2,1-3H3,(H,20,23);4-7,15,19H,8-13H2,1-3H3;4-7,15,20H,8-13,19H2,1-3H3;1-4,12,15H,5-10H2,(H,16,18);1-4H,5-6H2;1-4H,5-6,9H2;1-4,10H,5-6H2;2*1H4. The highest BCUT2D eigenvalue weighted by molar-refractivity contribution is 9.09. The van der Waals surface area contributed by atoms with Crippen molar-refractivity contribution in [3.05, 3.63) is 249 Å². The van der Waals surface area contributed by atoms with Gasteiger partial charge in [0.15, 0.2) is 0 Å². The molecule has 7 amide bonds. The monoisotopic (exact) mass is 1850 g/mol. The number of nitrogens with two attached hydrogens (primary N) is 2. The summed E-state index contributed by atoms with van der Waals surface area (Å²) in [5, 5.41) is 68.2. The number of alkyl halides is 1. The molecule has 6 heterocycles. The van der Waals surface area contributed by atoms with E-state index >= 15 is 0 Å². The number of hydrogen-bond donors (Lipinski definition) is 8. The van der Waals surface area contributed by atoms with E-state index in [0.29, 0.717) is 101 Å². The minimum Gasteiger partial charge on any atom is -0.444 e. The Balaban J connectivity index is 0.000000271. The van der Waals surface area contributed by atoms with Crippen molar-refractivity contribution in [1.29, 1.82) is 0 Å². The number of nitrogens with zero attached hydrogens (tertiary/aromatic N) is 9. The van der Waals surface area contributed by atoms with E-state index in [0.717, 1.165) is 143 Å². The normalized spacial score (nSPS) is 15.4. The van der Waals surface area contributed by atoms with Gasteiger partial charge in [0.1, 0.15) is 16.8 Å². The van der Waals surface area contributed by atoms with Gasteiger partial charge in [-0.1, -0.05) is 158 Å². The number of nitro benzene ring substituents is 4. The minimum absolute atomic E-state index is 0. The number of halogens is 1. The first kappa shape index (κ1) is 108. The lowest BCUT2D eigenvalue weighted by atomic mass is 10.0. The Kier molecular flexibility index (Phi) is 45.9. The van der Waals surface area contributed by atoms with Crippen molar-refractivity contribution in [2.45, 2.75) is 214 Å². The fourth-order valence-corrected chi connectivity index (χ4v) is 15.5. The van der Waals surface area contributed by atoms with E-state index in [1.807, 2.05) is 139 Å². The van der Waals surface area contributed by atoms with Gasteiger partial charge in [-0.05, 0) is 220 Å². The molecule has 129 heavy (non-hydrogen) atoms.